The van der Waals surface area contributed by atoms with Gasteiger partial charge in [-0.05, 0) is 93.7 Å². The summed E-state index contributed by atoms with van der Waals surface area (Å²) >= 11 is 6.06. The number of hydrogen-bond acceptors (Lipinski definition) is 4. The predicted molar refractivity (Wildman–Crippen MR) is 154 cm³/mol. The number of amides is 1. The van der Waals surface area contributed by atoms with Gasteiger partial charge in [-0.1, -0.05) is 60.5 Å². The highest BCUT2D eigenvalue weighted by Crippen LogP contribution is 2.30. The Hall–Kier alpha value is -2.87. The van der Waals surface area contributed by atoms with E-state index in [0.29, 0.717) is 22.8 Å². The number of likely N-dealkylation sites (tertiary alicyclic amines) is 1. The van der Waals surface area contributed by atoms with Crippen LogP contribution in [0.3, 0.4) is 0 Å². The van der Waals surface area contributed by atoms with Crippen molar-refractivity contribution < 1.29 is 13.2 Å². The molecule has 1 saturated heterocycles. The molecule has 202 valence electrons. The van der Waals surface area contributed by atoms with E-state index < -0.39 is 10.0 Å². The fourth-order valence-corrected chi connectivity index (χ4v) is 6.26. The first-order valence-electron chi connectivity index (χ1n) is 13.2. The normalized spacial score (nSPS) is 14.8. The summed E-state index contributed by atoms with van der Waals surface area (Å²) in [6.45, 7) is 7.95. The van der Waals surface area contributed by atoms with Gasteiger partial charge in [-0.3, -0.25) is 9.10 Å². The van der Waals surface area contributed by atoms with E-state index in [9.17, 15) is 13.2 Å². The number of carbonyl (C=O) groups is 1. The summed E-state index contributed by atoms with van der Waals surface area (Å²) in [5.74, 6) is 0.502. The number of piperidine rings is 1. The molecule has 1 amide bonds. The molecule has 4 rings (SSSR count). The van der Waals surface area contributed by atoms with Gasteiger partial charge in [-0.2, -0.15) is 0 Å². The molecule has 0 unspecified atom stereocenters. The number of rotatable bonds is 10. The molecule has 0 saturated carbocycles. The van der Waals surface area contributed by atoms with Gasteiger partial charge in [-0.25, -0.2) is 8.42 Å². The van der Waals surface area contributed by atoms with Crippen LogP contribution in [0.2, 0.25) is 5.02 Å². The van der Waals surface area contributed by atoms with Crippen LogP contribution in [0.25, 0.3) is 0 Å². The van der Waals surface area contributed by atoms with E-state index in [0.717, 1.165) is 43.1 Å². The molecule has 8 heteroatoms. The summed E-state index contributed by atoms with van der Waals surface area (Å²) in [6, 6.07) is 20.7. The first kappa shape index (κ1) is 28.1. The maximum Gasteiger partial charge on any atom is 0.264 e. The summed E-state index contributed by atoms with van der Waals surface area (Å²) < 4.78 is 29.1. The molecule has 0 aromatic heterocycles. The van der Waals surface area contributed by atoms with Crippen molar-refractivity contribution in [2.24, 2.45) is 5.92 Å². The highest BCUT2D eigenvalue weighted by Gasteiger charge is 2.28. The van der Waals surface area contributed by atoms with Crippen LogP contribution in [0, 0.1) is 12.8 Å². The van der Waals surface area contributed by atoms with Gasteiger partial charge in [0.15, 0.2) is 0 Å². The number of hydrogen-bond donors (Lipinski definition) is 1. The lowest BCUT2D eigenvalue weighted by molar-refractivity contribution is 0.0951. The van der Waals surface area contributed by atoms with Crippen molar-refractivity contribution in [2.75, 3.05) is 30.5 Å². The molecule has 0 radical (unpaired) electrons. The molecule has 0 spiro atoms. The SMILES string of the molecule is Cc1ccc(S(=O)(=O)N(Cc2ccc(Cl)cc2)c2ccccc2C(=O)NCCCN2CCC(C)CC2)cc1. The minimum Gasteiger partial charge on any atom is -0.352 e. The number of para-hydroxylation sites is 1. The van der Waals surface area contributed by atoms with E-state index in [-0.39, 0.29) is 17.3 Å². The maximum absolute atomic E-state index is 13.9. The third-order valence-corrected chi connectivity index (χ3v) is 9.10. The first-order chi connectivity index (χ1) is 18.2. The standard InChI is InChI=1S/C30H36ClN3O3S/c1-23-8-14-27(15-9-23)38(36,37)34(22-25-10-12-26(31)13-11-25)29-7-4-3-6-28(29)30(35)32-18-5-19-33-20-16-24(2)17-21-33/h3-4,6-15,24H,5,16-22H2,1-2H3,(H,32,35). The molecular weight excluding hydrogens is 518 g/mol. The van der Waals surface area contributed by atoms with Crippen LogP contribution in [-0.4, -0.2) is 45.4 Å². The third-order valence-electron chi connectivity index (χ3n) is 7.08. The van der Waals surface area contributed by atoms with Crippen molar-refractivity contribution in [3.05, 3.63) is 94.5 Å². The highest BCUT2D eigenvalue weighted by molar-refractivity contribution is 7.92. The van der Waals surface area contributed by atoms with Crippen LogP contribution in [0.5, 0.6) is 0 Å². The second kappa shape index (κ2) is 12.8. The van der Waals surface area contributed by atoms with Gasteiger partial charge in [0.25, 0.3) is 15.9 Å². The Morgan fingerprint density at radius 2 is 1.66 bits per heavy atom. The fraction of sp³-hybridized carbons (Fsp3) is 0.367. The largest absolute Gasteiger partial charge is 0.352 e. The van der Waals surface area contributed by atoms with Crippen molar-refractivity contribution in [1.29, 1.82) is 0 Å². The van der Waals surface area contributed by atoms with E-state index in [1.165, 1.54) is 17.1 Å². The molecular formula is C30H36ClN3O3S. The Labute approximate surface area is 231 Å². The Balaban J connectivity index is 1.56. The van der Waals surface area contributed by atoms with Crippen molar-refractivity contribution in [1.82, 2.24) is 10.2 Å². The van der Waals surface area contributed by atoms with Gasteiger partial charge in [0.05, 0.1) is 22.7 Å². The molecule has 0 aliphatic carbocycles. The molecule has 3 aromatic carbocycles. The highest BCUT2D eigenvalue weighted by atomic mass is 35.5. The summed E-state index contributed by atoms with van der Waals surface area (Å²) in [5.41, 5.74) is 2.39. The number of benzene rings is 3. The zero-order valence-corrected chi connectivity index (χ0v) is 23.6. The fourth-order valence-electron chi connectivity index (χ4n) is 4.66. The molecule has 3 aromatic rings. The van der Waals surface area contributed by atoms with E-state index in [1.54, 1.807) is 72.8 Å². The Bertz CT molecular complexity index is 1320. The molecule has 1 aliphatic heterocycles. The number of nitrogens with one attached hydrogen (secondary N) is 1. The van der Waals surface area contributed by atoms with Crippen LogP contribution in [0.1, 0.15) is 47.7 Å². The van der Waals surface area contributed by atoms with Gasteiger partial charge in [-0.15, -0.1) is 0 Å². The summed E-state index contributed by atoms with van der Waals surface area (Å²) in [6.07, 6.45) is 3.29. The van der Waals surface area contributed by atoms with Crippen molar-refractivity contribution in [3.63, 3.8) is 0 Å². The molecule has 1 fully saturated rings. The van der Waals surface area contributed by atoms with Crippen LogP contribution < -0.4 is 9.62 Å². The maximum atomic E-state index is 13.9. The van der Waals surface area contributed by atoms with Crippen molar-refractivity contribution >= 4 is 33.2 Å². The molecule has 1 aliphatic rings. The Kier molecular flexibility index (Phi) is 9.47. The average molecular weight is 554 g/mol. The lowest BCUT2D eigenvalue weighted by atomic mass is 9.99. The molecule has 6 nitrogen and oxygen atoms in total. The summed E-state index contributed by atoms with van der Waals surface area (Å²) in [5, 5.41) is 3.58. The van der Waals surface area contributed by atoms with Crippen LogP contribution in [0.15, 0.2) is 77.7 Å². The molecule has 1 heterocycles. The topological polar surface area (TPSA) is 69.7 Å². The molecule has 0 atom stereocenters. The number of sulfonamides is 1. The van der Waals surface area contributed by atoms with E-state index in [2.05, 4.69) is 17.1 Å². The van der Waals surface area contributed by atoms with Crippen LogP contribution in [0.4, 0.5) is 5.69 Å². The van der Waals surface area contributed by atoms with Crippen molar-refractivity contribution in [3.8, 4) is 0 Å². The van der Waals surface area contributed by atoms with Gasteiger partial charge < -0.3 is 10.2 Å². The predicted octanol–water partition coefficient (Wildman–Crippen LogP) is 5.90. The van der Waals surface area contributed by atoms with Gasteiger partial charge >= 0.3 is 0 Å². The number of halogens is 1. The van der Waals surface area contributed by atoms with Crippen LogP contribution in [-0.2, 0) is 16.6 Å². The molecule has 38 heavy (non-hydrogen) atoms. The number of aryl methyl sites for hydroxylation is 1. The minimum atomic E-state index is -3.97. The quantitative estimate of drug-likeness (QED) is 0.318. The minimum absolute atomic E-state index is 0.0606. The molecule has 1 N–H and O–H groups in total. The monoisotopic (exact) mass is 553 g/mol. The zero-order chi connectivity index (χ0) is 27.1. The smallest absolute Gasteiger partial charge is 0.264 e. The zero-order valence-electron chi connectivity index (χ0n) is 22.1. The van der Waals surface area contributed by atoms with Crippen molar-refractivity contribution in [2.45, 2.75) is 44.6 Å². The van der Waals surface area contributed by atoms with E-state index in [1.807, 2.05) is 6.92 Å². The summed E-state index contributed by atoms with van der Waals surface area (Å²) in [7, 11) is -3.97. The Morgan fingerprint density at radius 1 is 1.00 bits per heavy atom. The first-order valence-corrected chi connectivity index (χ1v) is 15.0. The average Bonchev–Trinajstić information content (AvgIpc) is 2.92. The number of carbonyl (C=O) groups excluding carboxylic acids is 1. The second-order valence-electron chi connectivity index (χ2n) is 10.1. The van der Waals surface area contributed by atoms with Gasteiger partial charge in [0.1, 0.15) is 0 Å². The third kappa shape index (κ3) is 7.16. The second-order valence-corrected chi connectivity index (χ2v) is 12.4. The van der Waals surface area contributed by atoms with Crippen LogP contribution >= 0.6 is 11.6 Å². The van der Waals surface area contributed by atoms with Gasteiger partial charge in [0, 0.05) is 11.6 Å². The number of anilines is 1. The summed E-state index contributed by atoms with van der Waals surface area (Å²) in [4.78, 5) is 15.9. The lowest BCUT2D eigenvalue weighted by Crippen LogP contribution is -2.36. The Morgan fingerprint density at radius 3 is 2.34 bits per heavy atom. The van der Waals surface area contributed by atoms with Gasteiger partial charge in [0.2, 0.25) is 0 Å². The molecule has 0 bridgehead atoms. The number of nitrogens with zero attached hydrogens (tertiary/aromatic N) is 2. The van der Waals surface area contributed by atoms with E-state index >= 15 is 0 Å². The lowest BCUT2D eigenvalue weighted by Gasteiger charge is -2.30. The van der Waals surface area contributed by atoms with E-state index in [4.69, 9.17) is 11.6 Å².